The fourth-order valence-electron chi connectivity index (χ4n) is 2.31. The van der Waals surface area contributed by atoms with Gasteiger partial charge in [0.1, 0.15) is 12.3 Å². The molecule has 0 aliphatic heterocycles. The average molecular weight is 374 g/mol. The summed E-state index contributed by atoms with van der Waals surface area (Å²) in [6.07, 6.45) is 1.80. The topological polar surface area (TPSA) is 51.3 Å². The van der Waals surface area contributed by atoms with Crippen molar-refractivity contribution in [3.05, 3.63) is 59.4 Å². The standard InChI is InChI=1S/C21H31NO3Si/c1-21(2,3)26(4,5)25-15-9-12-18-13-14-19(22-18)20(23)24-16-17-10-7-6-8-11-17/h6-8,10-11,13-14,22H,9,12,15-16H2,1-5H3. The van der Waals surface area contributed by atoms with Crippen LogP contribution < -0.4 is 0 Å². The van der Waals surface area contributed by atoms with Gasteiger partial charge in [-0.15, -0.1) is 0 Å². The number of rotatable bonds is 8. The molecular formula is C21H31NO3Si. The van der Waals surface area contributed by atoms with Crippen molar-refractivity contribution >= 4 is 14.3 Å². The summed E-state index contributed by atoms with van der Waals surface area (Å²) in [5.74, 6) is -0.322. The highest BCUT2D eigenvalue weighted by molar-refractivity contribution is 6.74. The second-order valence-corrected chi connectivity index (χ2v) is 13.0. The fraction of sp³-hybridized carbons (Fsp3) is 0.476. The highest BCUT2D eigenvalue weighted by Crippen LogP contribution is 2.36. The zero-order valence-corrected chi connectivity index (χ0v) is 17.6. The fourth-order valence-corrected chi connectivity index (χ4v) is 3.40. The molecule has 0 aliphatic carbocycles. The number of hydrogen-bond acceptors (Lipinski definition) is 3. The highest BCUT2D eigenvalue weighted by atomic mass is 28.4. The van der Waals surface area contributed by atoms with Crippen LogP contribution >= 0.6 is 0 Å². The number of carbonyl (C=O) groups excluding carboxylic acids is 1. The van der Waals surface area contributed by atoms with Gasteiger partial charge in [0, 0.05) is 12.3 Å². The van der Waals surface area contributed by atoms with Gasteiger partial charge < -0.3 is 14.1 Å². The first kappa shape index (κ1) is 20.5. The summed E-state index contributed by atoms with van der Waals surface area (Å²) in [5.41, 5.74) is 2.52. The molecule has 2 rings (SSSR count). The first-order valence-corrected chi connectivity index (χ1v) is 12.1. The second-order valence-electron chi connectivity index (χ2n) is 8.17. The molecule has 26 heavy (non-hydrogen) atoms. The van der Waals surface area contributed by atoms with Gasteiger partial charge in [0.25, 0.3) is 0 Å². The minimum atomic E-state index is -1.68. The van der Waals surface area contributed by atoms with E-state index in [4.69, 9.17) is 9.16 Å². The van der Waals surface area contributed by atoms with E-state index in [1.165, 1.54) is 0 Å². The van der Waals surface area contributed by atoms with Gasteiger partial charge in [-0.1, -0.05) is 51.1 Å². The predicted octanol–water partition coefficient (Wildman–Crippen LogP) is 5.33. The smallest absolute Gasteiger partial charge is 0.355 e. The van der Waals surface area contributed by atoms with Crippen molar-refractivity contribution in [1.29, 1.82) is 0 Å². The largest absolute Gasteiger partial charge is 0.456 e. The lowest BCUT2D eigenvalue weighted by Gasteiger charge is -2.36. The summed E-state index contributed by atoms with van der Waals surface area (Å²) < 4.78 is 11.5. The molecule has 1 aromatic carbocycles. The van der Waals surface area contributed by atoms with Gasteiger partial charge in [-0.05, 0) is 48.7 Å². The number of carbonyl (C=O) groups is 1. The van der Waals surface area contributed by atoms with Crippen LogP contribution in [0.4, 0.5) is 0 Å². The van der Waals surface area contributed by atoms with Crippen LogP contribution in [0.25, 0.3) is 0 Å². The Morgan fingerprint density at radius 3 is 2.42 bits per heavy atom. The van der Waals surface area contributed by atoms with E-state index in [0.29, 0.717) is 5.69 Å². The molecule has 0 atom stereocenters. The molecule has 5 heteroatoms. The van der Waals surface area contributed by atoms with E-state index in [-0.39, 0.29) is 17.6 Å². The maximum Gasteiger partial charge on any atom is 0.355 e. The van der Waals surface area contributed by atoms with Crippen molar-refractivity contribution in [2.45, 2.75) is 58.4 Å². The molecule has 142 valence electrons. The molecular weight excluding hydrogens is 342 g/mol. The Bertz CT molecular complexity index is 702. The molecule has 1 N–H and O–H groups in total. The maximum atomic E-state index is 12.1. The van der Waals surface area contributed by atoms with Crippen molar-refractivity contribution in [2.24, 2.45) is 0 Å². The molecule has 0 unspecified atom stereocenters. The quantitative estimate of drug-likeness (QED) is 0.387. The van der Waals surface area contributed by atoms with Crippen molar-refractivity contribution in [3.8, 4) is 0 Å². The van der Waals surface area contributed by atoms with E-state index in [9.17, 15) is 4.79 Å². The van der Waals surface area contributed by atoms with E-state index in [2.05, 4.69) is 38.8 Å². The van der Waals surface area contributed by atoms with Gasteiger partial charge in [0.05, 0.1) is 0 Å². The summed E-state index contributed by atoms with van der Waals surface area (Å²) in [4.78, 5) is 15.3. The molecule has 4 nitrogen and oxygen atoms in total. The number of benzene rings is 1. The SMILES string of the molecule is CC(C)(C)[Si](C)(C)OCCCc1ccc(C(=O)OCc2ccccc2)[nH]1. The molecule has 1 aromatic heterocycles. The van der Waals surface area contributed by atoms with Crippen LogP contribution in [0.15, 0.2) is 42.5 Å². The van der Waals surface area contributed by atoms with E-state index in [1.807, 2.05) is 36.4 Å². The van der Waals surface area contributed by atoms with Crippen molar-refractivity contribution < 1.29 is 14.0 Å². The molecule has 1 heterocycles. The summed E-state index contributed by atoms with van der Waals surface area (Å²) >= 11 is 0. The highest BCUT2D eigenvalue weighted by Gasteiger charge is 2.36. The Morgan fingerprint density at radius 1 is 1.08 bits per heavy atom. The van der Waals surface area contributed by atoms with Gasteiger partial charge in [-0.25, -0.2) is 4.79 Å². The third-order valence-corrected chi connectivity index (χ3v) is 9.58. The molecule has 2 aromatic rings. The van der Waals surface area contributed by atoms with Gasteiger partial charge in [-0.2, -0.15) is 0 Å². The first-order valence-electron chi connectivity index (χ1n) is 9.22. The molecule has 0 spiro atoms. The molecule has 0 bridgehead atoms. The number of H-pyrrole nitrogens is 1. The van der Waals surface area contributed by atoms with Crippen LogP contribution in [0.1, 0.15) is 48.9 Å². The minimum absolute atomic E-state index is 0.231. The van der Waals surface area contributed by atoms with E-state index in [1.54, 1.807) is 6.07 Å². The molecule has 0 fully saturated rings. The summed E-state index contributed by atoms with van der Waals surface area (Å²) in [5, 5.41) is 0.231. The van der Waals surface area contributed by atoms with Crippen LogP contribution in [0.5, 0.6) is 0 Å². The van der Waals surface area contributed by atoms with Gasteiger partial charge in [-0.3, -0.25) is 0 Å². The average Bonchev–Trinajstić information content (AvgIpc) is 3.05. The lowest BCUT2D eigenvalue weighted by Crippen LogP contribution is -2.41. The van der Waals surface area contributed by atoms with Gasteiger partial charge >= 0.3 is 5.97 Å². The Balaban J connectivity index is 1.76. The zero-order chi connectivity index (χ0) is 19.2. The molecule has 0 radical (unpaired) electrons. The van der Waals surface area contributed by atoms with Gasteiger partial charge in [0.15, 0.2) is 8.32 Å². The zero-order valence-electron chi connectivity index (χ0n) is 16.6. The third kappa shape index (κ3) is 5.85. The minimum Gasteiger partial charge on any atom is -0.456 e. The monoisotopic (exact) mass is 373 g/mol. The second kappa shape index (κ2) is 8.69. The predicted molar refractivity (Wildman–Crippen MR) is 108 cm³/mol. The van der Waals surface area contributed by atoms with Gasteiger partial charge in [0.2, 0.25) is 0 Å². The number of aryl methyl sites for hydroxylation is 1. The Labute approximate surface area is 158 Å². The molecule has 0 amide bonds. The van der Waals surface area contributed by atoms with Crippen LogP contribution in [0, 0.1) is 0 Å². The van der Waals surface area contributed by atoms with Crippen molar-refractivity contribution in [2.75, 3.05) is 6.61 Å². The normalized spacial score (nSPS) is 12.2. The Kier molecular flexibility index (Phi) is 6.84. The number of nitrogens with one attached hydrogen (secondary N) is 1. The first-order chi connectivity index (χ1) is 12.2. The maximum absolute atomic E-state index is 12.1. The van der Waals surface area contributed by atoms with E-state index < -0.39 is 8.32 Å². The van der Waals surface area contributed by atoms with Crippen molar-refractivity contribution in [3.63, 3.8) is 0 Å². The lowest BCUT2D eigenvalue weighted by molar-refractivity contribution is 0.0466. The van der Waals surface area contributed by atoms with Crippen molar-refractivity contribution in [1.82, 2.24) is 4.98 Å². The third-order valence-electron chi connectivity index (χ3n) is 5.04. The number of ether oxygens (including phenoxy) is 1. The number of hydrogen-bond donors (Lipinski definition) is 1. The summed E-state index contributed by atoms with van der Waals surface area (Å²) in [6.45, 7) is 12.3. The molecule has 0 saturated heterocycles. The Hall–Kier alpha value is -1.85. The van der Waals surface area contributed by atoms with Crippen LogP contribution in [-0.2, 0) is 22.2 Å². The number of aromatic nitrogens is 1. The van der Waals surface area contributed by atoms with E-state index >= 15 is 0 Å². The Morgan fingerprint density at radius 2 is 1.77 bits per heavy atom. The van der Waals surface area contributed by atoms with E-state index in [0.717, 1.165) is 30.7 Å². The van der Waals surface area contributed by atoms with Crippen LogP contribution in [0.2, 0.25) is 18.1 Å². The van der Waals surface area contributed by atoms with Crippen LogP contribution in [0.3, 0.4) is 0 Å². The molecule has 0 saturated carbocycles. The number of aromatic amines is 1. The molecule has 0 aliphatic rings. The summed E-state index contributed by atoms with van der Waals surface area (Å²) in [6, 6.07) is 13.4. The number of esters is 1. The summed E-state index contributed by atoms with van der Waals surface area (Å²) in [7, 11) is -1.68. The lowest BCUT2D eigenvalue weighted by atomic mass is 10.2. The van der Waals surface area contributed by atoms with Crippen LogP contribution in [-0.4, -0.2) is 25.9 Å².